The van der Waals surface area contributed by atoms with E-state index in [1.165, 1.54) is 0 Å². The molecule has 2 unspecified atom stereocenters. The second-order valence-electron chi connectivity index (χ2n) is 10.5. The zero-order chi connectivity index (χ0) is 27.4. The number of nitrogens with one attached hydrogen (secondary N) is 1. The molecule has 0 bridgehead atoms. The third-order valence-electron chi connectivity index (χ3n) is 7.21. The molecule has 1 N–H and O–H groups in total. The molecule has 1 fully saturated rings. The minimum atomic E-state index is -4.31. The number of rotatable bonds is 8. The van der Waals surface area contributed by atoms with E-state index in [0.717, 1.165) is 41.8 Å². The molecule has 0 aromatic heterocycles. The highest BCUT2D eigenvalue weighted by Gasteiger charge is 2.32. The first-order valence-electron chi connectivity index (χ1n) is 12.8. The van der Waals surface area contributed by atoms with Crippen molar-refractivity contribution in [1.29, 1.82) is 0 Å². The first kappa shape index (κ1) is 29.2. The SMILES string of the molecule is CCC(C)(C)OC(=O)N1CCC(CN2C=c3c(C)c(C(=O)NCCSC(F)(F)F)ccc3=CCC2C)C1. The fourth-order valence-corrected chi connectivity index (χ4v) is 4.98. The fourth-order valence-electron chi connectivity index (χ4n) is 4.55. The molecule has 10 heteroatoms. The standard InChI is InChI=1S/C27H38F3N3O3S/c1-6-26(4,5)36-25(35)32-13-11-20(15-32)16-33-17-23-19(3)22(10-9-21(23)8-7-18(33)2)24(34)31-12-14-37-27(28,29)30/h8-10,17-18,20H,6-7,11-16H2,1-5H3,(H,31,34). The van der Waals surface area contributed by atoms with Crippen molar-refractivity contribution in [2.75, 3.05) is 31.9 Å². The first-order valence-corrected chi connectivity index (χ1v) is 13.8. The van der Waals surface area contributed by atoms with Gasteiger partial charge in [-0.25, -0.2) is 4.79 Å². The molecule has 0 spiro atoms. The summed E-state index contributed by atoms with van der Waals surface area (Å²) in [6.45, 7) is 11.9. The predicted octanol–water partition coefficient (Wildman–Crippen LogP) is 4.24. The molecule has 2 amide bonds. The van der Waals surface area contributed by atoms with Crippen molar-refractivity contribution in [3.63, 3.8) is 0 Å². The Hall–Kier alpha value is -2.36. The van der Waals surface area contributed by atoms with Crippen LogP contribution < -0.4 is 15.8 Å². The molecule has 0 radical (unpaired) electrons. The van der Waals surface area contributed by atoms with Crippen molar-refractivity contribution >= 4 is 36.0 Å². The summed E-state index contributed by atoms with van der Waals surface area (Å²) in [6.07, 6.45) is 6.48. The molecule has 2 atom stereocenters. The number of halogens is 3. The van der Waals surface area contributed by atoms with Crippen LogP contribution in [0.4, 0.5) is 18.0 Å². The van der Waals surface area contributed by atoms with E-state index >= 15 is 0 Å². The number of carbonyl (C=O) groups excluding carboxylic acids is 2. The monoisotopic (exact) mass is 541 g/mol. The Balaban J connectivity index is 1.71. The predicted molar refractivity (Wildman–Crippen MR) is 142 cm³/mol. The summed E-state index contributed by atoms with van der Waals surface area (Å²) >= 11 is -0.143. The van der Waals surface area contributed by atoms with Crippen LogP contribution in [0.2, 0.25) is 0 Å². The molecule has 2 heterocycles. The Kier molecular flexibility index (Phi) is 9.47. The minimum Gasteiger partial charge on any atom is -0.443 e. The molecule has 1 saturated heterocycles. The molecular weight excluding hydrogens is 503 g/mol. The number of hydrogen-bond donors (Lipinski definition) is 1. The lowest BCUT2D eigenvalue weighted by Crippen LogP contribution is -2.39. The van der Waals surface area contributed by atoms with Gasteiger partial charge in [-0.05, 0) is 81.5 Å². The number of carbonyl (C=O) groups is 2. The first-order chi connectivity index (χ1) is 17.3. The molecule has 206 valence electrons. The summed E-state index contributed by atoms with van der Waals surface area (Å²) in [7, 11) is 0. The molecule has 2 aliphatic rings. The molecule has 0 aliphatic carbocycles. The zero-order valence-electron chi connectivity index (χ0n) is 22.3. The van der Waals surface area contributed by atoms with Gasteiger partial charge in [0.25, 0.3) is 5.91 Å². The summed E-state index contributed by atoms with van der Waals surface area (Å²) in [5.41, 5.74) is -3.53. The molecular formula is C27H38F3N3O3S. The lowest BCUT2D eigenvalue weighted by atomic mass is 10.0. The van der Waals surface area contributed by atoms with Gasteiger partial charge in [0.15, 0.2) is 0 Å². The van der Waals surface area contributed by atoms with Gasteiger partial charge >= 0.3 is 11.6 Å². The summed E-state index contributed by atoms with van der Waals surface area (Å²) in [5, 5.41) is 4.58. The van der Waals surface area contributed by atoms with E-state index in [-0.39, 0.29) is 42.1 Å². The van der Waals surface area contributed by atoms with Crippen molar-refractivity contribution in [2.45, 2.75) is 71.0 Å². The van der Waals surface area contributed by atoms with Gasteiger partial charge in [-0.15, -0.1) is 0 Å². The quantitative estimate of drug-likeness (QED) is 0.499. The Bertz CT molecular complexity index is 1110. The maximum atomic E-state index is 12.7. The van der Waals surface area contributed by atoms with Crippen LogP contribution in [0.5, 0.6) is 0 Å². The number of likely N-dealkylation sites (tertiary alicyclic amines) is 1. The van der Waals surface area contributed by atoms with Crippen LogP contribution in [0.25, 0.3) is 12.3 Å². The highest BCUT2D eigenvalue weighted by atomic mass is 32.2. The number of alkyl halides is 3. The van der Waals surface area contributed by atoms with Crippen molar-refractivity contribution in [1.82, 2.24) is 15.1 Å². The van der Waals surface area contributed by atoms with Crippen LogP contribution >= 0.6 is 11.8 Å². The number of hydrogen-bond acceptors (Lipinski definition) is 5. The van der Waals surface area contributed by atoms with Gasteiger partial charge in [-0.2, -0.15) is 13.2 Å². The third kappa shape index (κ3) is 8.06. The third-order valence-corrected chi connectivity index (χ3v) is 7.95. The smallest absolute Gasteiger partial charge is 0.441 e. The highest BCUT2D eigenvalue weighted by molar-refractivity contribution is 8.00. The van der Waals surface area contributed by atoms with Crippen molar-refractivity contribution < 1.29 is 27.5 Å². The van der Waals surface area contributed by atoms with Gasteiger partial charge in [0.05, 0.1) is 0 Å². The van der Waals surface area contributed by atoms with Crippen molar-refractivity contribution in [3.05, 3.63) is 33.7 Å². The van der Waals surface area contributed by atoms with Gasteiger partial charge in [0, 0.05) is 55.0 Å². The van der Waals surface area contributed by atoms with Gasteiger partial charge in [-0.3, -0.25) is 4.79 Å². The molecule has 37 heavy (non-hydrogen) atoms. The lowest BCUT2D eigenvalue weighted by Gasteiger charge is -2.30. The molecule has 3 rings (SSSR count). The molecule has 2 aliphatic heterocycles. The second kappa shape index (κ2) is 12.0. The minimum absolute atomic E-state index is 0.0609. The number of amides is 2. The van der Waals surface area contributed by atoms with Gasteiger partial charge < -0.3 is 19.9 Å². The lowest BCUT2D eigenvalue weighted by molar-refractivity contribution is -0.0328. The van der Waals surface area contributed by atoms with Crippen LogP contribution in [0, 0.1) is 12.8 Å². The summed E-state index contributed by atoms with van der Waals surface area (Å²) < 4.78 is 42.7. The number of benzene rings is 1. The number of nitrogens with zero attached hydrogens (tertiary/aromatic N) is 2. The maximum absolute atomic E-state index is 12.7. The van der Waals surface area contributed by atoms with Crippen LogP contribution in [-0.4, -0.2) is 70.9 Å². The van der Waals surface area contributed by atoms with Crippen molar-refractivity contribution in [3.8, 4) is 0 Å². The summed E-state index contributed by atoms with van der Waals surface area (Å²) in [5.74, 6) is -0.303. The van der Waals surface area contributed by atoms with E-state index < -0.39 is 11.1 Å². The van der Waals surface area contributed by atoms with Gasteiger partial charge in [0.1, 0.15) is 5.60 Å². The Labute approximate surface area is 221 Å². The Morgan fingerprint density at radius 1 is 1.24 bits per heavy atom. The van der Waals surface area contributed by atoms with E-state index in [1.807, 2.05) is 33.8 Å². The molecule has 1 aromatic rings. The summed E-state index contributed by atoms with van der Waals surface area (Å²) in [4.78, 5) is 29.4. The van der Waals surface area contributed by atoms with Crippen LogP contribution in [0.1, 0.15) is 62.9 Å². The van der Waals surface area contributed by atoms with Crippen LogP contribution in [0.3, 0.4) is 0 Å². The molecule has 6 nitrogen and oxygen atoms in total. The molecule has 1 aromatic carbocycles. The average Bonchev–Trinajstić information content (AvgIpc) is 3.22. The second-order valence-corrected chi connectivity index (χ2v) is 11.6. The van der Waals surface area contributed by atoms with Crippen molar-refractivity contribution in [2.24, 2.45) is 5.92 Å². The Morgan fingerprint density at radius 2 is 1.97 bits per heavy atom. The highest BCUT2D eigenvalue weighted by Crippen LogP contribution is 2.29. The number of fused-ring (bicyclic) bond motifs is 1. The zero-order valence-corrected chi connectivity index (χ0v) is 23.1. The Morgan fingerprint density at radius 3 is 2.65 bits per heavy atom. The fraction of sp³-hybridized carbons (Fsp3) is 0.630. The largest absolute Gasteiger partial charge is 0.443 e. The maximum Gasteiger partial charge on any atom is 0.441 e. The average molecular weight is 542 g/mol. The van der Waals surface area contributed by atoms with E-state index in [9.17, 15) is 22.8 Å². The van der Waals surface area contributed by atoms with Crippen LogP contribution in [0.15, 0.2) is 12.1 Å². The van der Waals surface area contributed by atoms with E-state index in [4.69, 9.17) is 4.74 Å². The summed E-state index contributed by atoms with van der Waals surface area (Å²) in [6, 6.07) is 3.88. The normalized spacial score (nSPS) is 20.0. The van der Waals surface area contributed by atoms with E-state index in [2.05, 4.69) is 29.4 Å². The van der Waals surface area contributed by atoms with E-state index in [1.54, 1.807) is 11.0 Å². The van der Waals surface area contributed by atoms with Crippen LogP contribution in [-0.2, 0) is 4.74 Å². The van der Waals surface area contributed by atoms with Gasteiger partial charge in [-0.1, -0.05) is 19.1 Å². The number of ether oxygens (including phenoxy) is 1. The van der Waals surface area contributed by atoms with Gasteiger partial charge in [0.2, 0.25) is 0 Å². The molecule has 0 saturated carbocycles. The topological polar surface area (TPSA) is 61.9 Å². The number of thioether (sulfide) groups is 1. The van der Waals surface area contributed by atoms with E-state index in [0.29, 0.717) is 24.6 Å².